The molecule has 1 aromatic rings. The van der Waals surface area contributed by atoms with E-state index in [1.54, 1.807) is 14.2 Å². The molecule has 0 bridgehead atoms. The lowest BCUT2D eigenvalue weighted by atomic mass is 10.1. The van der Waals surface area contributed by atoms with E-state index in [1.165, 1.54) is 30.6 Å². The second kappa shape index (κ2) is 7.79. The van der Waals surface area contributed by atoms with Crippen LogP contribution >= 0.6 is 11.8 Å². The topological polar surface area (TPSA) is 30.5 Å². The van der Waals surface area contributed by atoms with Crippen molar-refractivity contribution < 1.29 is 9.47 Å². The van der Waals surface area contributed by atoms with Gasteiger partial charge in [-0.3, -0.25) is 0 Å². The van der Waals surface area contributed by atoms with E-state index in [2.05, 4.69) is 36.1 Å². The minimum atomic E-state index is 0.649. The van der Waals surface area contributed by atoms with Crippen LogP contribution in [-0.4, -0.2) is 31.3 Å². The fraction of sp³-hybridized carbons (Fsp3) is 0.625. The van der Waals surface area contributed by atoms with Crippen LogP contribution in [0.5, 0.6) is 11.5 Å². The minimum Gasteiger partial charge on any atom is -0.497 e. The van der Waals surface area contributed by atoms with E-state index in [-0.39, 0.29) is 0 Å². The van der Waals surface area contributed by atoms with Crippen LogP contribution in [0.4, 0.5) is 0 Å². The van der Waals surface area contributed by atoms with Crippen LogP contribution < -0.4 is 14.8 Å². The summed E-state index contributed by atoms with van der Waals surface area (Å²) in [5.41, 5.74) is 1.22. The standard InChI is InChI=1S/C16H25NO2S/c1-4-20-16-6-5-13(9-16)17-11-12-7-14(18-2)10-15(8-12)19-3/h7-8,10,13,16-17H,4-6,9,11H2,1-3H3. The summed E-state index contributed by atoms with van der Waals surface area (Å²) >= 11 is 2.10. The minimum absolute atomic E-state index is 0.649. The summed E-state index contributed by atoms with van der Waals surface area (Å²) in [5.74, 6) is 2.93. The van der Waals surface area contributed by atoms with Crippen molar-refractivity contribution in [2.75, 3.05) is 20.0 Å². The van der Waals surface area contributed by atoms with Crippen molar-refractivity contribution in [1.29, 1.82) is 0 Å². The van der Waals surface area contributed by atoms with Crippen LogP contribution in [0.15, 0.2) is 18.2 Å². The molecule has 20 heavy (non-hydrogen) atoms. The van der Waals surface area contributed by atoms with Gasteiger partial charge >= 0.3 is 0 Å². The highest BCUT2D eigenvalue weighted by atomic mass is 32.2. The zero-order valence-corrected chi connectivity index (χ0v) is 13.5. The average molecular weight is 295 g/mol. The fourth-order valence-corrected chi connectivity index (χ4v) is 3.89. The van der Waals surface area contributed by atoms with Crippen LogP contribution in [-0.2, 0) is 6.54 Å². The SMILES string of the molecule is CCSC1CCC(NCc2cc(OC)cc(OC)c2)C1. The molecule has 3 nitrogen and oxygen atoms in total. The molecule has 1 aliphatic carbocycles. The molecule has 1 fully saturated rings. The molecule has 0 heterocycles. The largest absolute Gasteiger partial charge is 0.497 e. The molecule has 2 atom stereocenters. The van der Waals surface area contributed by atoms with Crippen LogP contribution in [0.1, 0.15) is 31.7 Å². The van der Waals surface area contributed by atoms with Crippen molar-refractivity contribution in [2.24, 2.45) is 0 Å². The summed E-state index contributed by atoms with van der Waals surface area (Å²) in [5, 5.41) is 4.51. The van der Waals surface area contributed by atoms with Crippen LogP contribution in [0, 0.1) is 0 Å². The first kappa shape index (κ1) is 15.5. The first-order valence-electron chi connectivity index (χ1n) is 7.32. The van der Waals surface area contributed by atoms with Gasteiger partial charge in [0, 0.05) is 23.9 Å². The van der Waals surface area contributed by atoms with Gasteiger partial charge in [0.2, 0.25) is 0 Å². The summed E-state index contributed by atoms with van der Waals surface area (Å²) in [6, 6.07) is 6.70. The molecule has 0 amide bonds. The molecular weight excluding hydrogens is 270 g/mol. The predicted molar refractivity (Wildman–Crippen MR) is 85.9 cm³/mol. The first-order chi connectivity index (χ1) is 9.75. The Labute approximate surface area is 126 Å². The van der Waals surface area contributed by atoms with E-state index >= 15 is 0 Å². The van der Waals surface area contributed by atoms with Crippen LogP contribution in [0.3, 0.4) is 0 Å². The van der Waals surface area contributed by atoms with Gasteiger partial charge < -0.3 is 14.8 Å². The van der Waals surface area contributed by atoms with Crippen molar-refractivity contribution in [3.63, 3.8) is 0 Å². The van der Waals surface area contributed by atoms with Crippen molar-refractivity contribution >= 4 is 11.8 Å². The maximum atomic E-state index is 5.31. The van der Waals surface area contributed by atoms with E-state index < -0.39 is 0 Å². The molecule has 0 saturated heterocycles. The number of methoxy groups -OCH3 is 2. The third kappa shape index (κ3) is 4.32. The van der Waals surface area contributed by atoms with Gasteiger partial charge in [-0.25, -0.2) is 0 Å². The van der Waals surface area contributed by atoms with Crippen molar-refractivity contribution in [2.45, 2.75) is 44.0 Å². The first-order valence-corrected chi connectivity index (χ1v) is 8.37. The van der Waals surface area contributed by atoms with Crippen LogP contribution in [0.2, 0.25) is 0 Å². The maximum Gasteiger partial charge on any atom is 0.122 e. The molecular formula is C16H25NO2S. The molecule has 0 spiro atoms. The van der Waals surface area contributed by atoms with Crippen molar-refractivity contribution in [1.82, 2.24) is 5.32 Å². The number of benzene rings is 1. The van der Waals surface area contributed by atoms with Gasteiger partial charge in [0.25, 0.3) is 0 Å². The molecule has 112 valence electrons. The van der Waals surface area contributed by atoms with Crippen molar-refractivity contribution in [3.05, 3.63) is 23.8 Å². The highest BCUT2D eigenvalue weighted by Gasteiger charge is 2.23. The Kier molecular flexibility index (Phi) is 6.05. The lowest BCUT2D eigenvalue weighted by Crippen LogP contribution is -2.26. The Morgan fingerprint density at radius 3 is 2.45 bits per heavy atom. The lowest BCUT2D eigenvalue weighted by Gasteiger charge is -2.14. The Bertz CT molecular complexity index is 403. The second-order valence-electron chi connectivity index (χ2n) is 5.19. The van der Waals surface area contributed by atoms with Gasteiger partial charge in [-0.05, 0) is 42.7 Å². The van der Waals surface area contributed by atoms with E-state index in [1.807, 2.05) is 6.07 Å². The smallest absolute Gasteiger partial charge is 0.122 e. The number of hydrogen-bond acceptors (Lipinski definition) is 4. The fourth-order valence-electron chi connectivity index (χ4n) is 2.74. The molecule has 1 saturated carbocycles. The maximum absolute atomic E-state index is 5.31. The predicted octanol–water partition coefficient (Wildman–Crippen LogP) is 3.47. The lowest BCUT2D eigenvalue weighted by molar-refractivity contribution is 0.392. The Morgan fingerprint density at radius 2 is 1.85 bits per heavy atom. The molecule has 0 radical (unpaired) electrons. The molecule has 2 rings (SSSR count). The Hall–Kier alpha value is -0.870. The summed E-state index contributed by atoms with van der Waals surface area (Å²) in [4.78, 5) is 0. The van der Waals surface area contributed by atoms with Gasteiger partial charge in [0.1, 0.15) is 11.5 Å². The zero-order chi connectivity index (χ0) is 14.4. The molecule has 4 heteroatoms. The number of thioether (sulfide) groups is 1. The highest BCUT2D eigenvalue weighted by Crippen LogP contribution is 2.30. The monoisotopic (exact) mass is 295 g/mol. The molecule has 0 aliphatic heterocycles. The average Bonchev–Trinajstić information content (AvgIpc) is 2.93. The Balaban J connectivity index is 1.87. The zero-order valence-electron chi connectivity index (χ0n) is 12.6. The van der Waals surface area contributed by atoms with Gasteiger partial charge in [-0.2, -0.15) is 11.8 Å². The second-order valence-corrected chi connectivity index (χ2v) is 6.77. The van der Waals surface area contributed by atoms with E-state index in [0.29, 0.717) is 6.04 Å². The molecule has 1 aliphatic rings. The highest BCUT2D eigenvalue weighted by molar-refractivity contribution is 7.99. The molecule has 1 N–H and O–H groups in total. The van der Waals surface area contributed by atoms with Gasteiger partial charge in [0.05, 0.1) is 14.2 Å². The van der Waals surface area contributed by atoms with E-state index in [0.717, 1.165) is 23.3 Å². The Morgan fingerprint density at radius 1 is 1.15 bits per heavy atom. The molecule has 2 unspecified atom stereocenters. The van der Waals surface area contributed by atoms with Crippen molar-refractivity contribution in [3.8, 4) is 11.5 Å². The summed E-state index contributed by atoms with van der Waals surface area (Å²) in [7, 11) is 3.38. The molecule has 1 aromatic carbocycles. The third-order valence-corrected chi connectivity index (χ3v) is 5.03. The summed E-state index contributed by atoms with van der Waals surface area (Å²) < 4.78 is 10.6. The number of nitrogens with one attached hydrogen (secondary N) is 1. The van der Waals surface area contributed by atoms with Crippen LogP contribution in [0.25, 0.3) is 0 Å². The summed E-state index contributed by atoms with van der Waals surface area (Å²) in [6.45, 7) is 3.12. The van der Waals surface area contributed by atoms with Gasteiger partial charge in [0.15, 0.2) is 0 Å². The number of ether oxygens (including phenoxy) is 2. The number of hydrogen-bond donors (Lipinski definition) is 1. The molecule has 0 aromatic heterocycles. The van der Waals surface area contributed by atoms with Gasteiger partial charge in [-0.1, -0.05) is 6.92 Å². The van der Waals surface area contributed by atoms with Gasteiger partial charge in [-0.15, -0.1) is 0 Å². The third-order valence-electron chi connectivity index (χ3n) is 3.79. The normalized spacial score (nSPS) is 21.9. The van der Waals surface area contributed by atoms with E-state index in [9.17, 15) is 0 Å². The summed E-state index contributed by atoms with van der Waals surface area (Å²) in [6.07, 6.45) is 3.93. The van der Waals surface area contributed by atoms with E-state index in [4.69, 9.17) is 9.47 Å². The quantitative estimate of drug-likeness (QED) is 0.834. The number of rotatable bonds is 7.